The van der Waals surface area contributed by atoms with Crippen molar-refractivity contribution in [2.45, 2.75) is 6.04 Å². The summed E-state index contributed by atoms with van der Waals surface area (Å²) in [4.78, 5) is 29.5. The van der Waals surface area contributed by atoms with E-state index in [0.717, 1.165) is 0 Å². The summed E-state index contributed by atoms with van der Waals surface area (Å²) in [6, 6.07) is 8.75. The van der Waals surface area contributed by atoms with Crippen LogP contribution in [-0.4, -0.2) is 78.2 Å². The van der Waals surface area contributed by atoms with Crippen LogP contribution >= 0.6 is 0 Å². The van der Waals surface area contributed by atoms with E-state index in [2.05, 4.69) is 4.90 Å². The highest BCUT2D eigenvalue weighted by Gasteiger charge is 2.46. The highest BCUT2D eigenvalue weighted by atomic mass is 19.1. The maximum atomic E-state index is 13.6. The molecule has 0 bridgehead atoms. The lowest BCUT2D eigenvalue weighted by Gasteiger charge is -2.31. The van der Waals surface area contributed by atoms with E-state index < -0.39 is 29.3 Å². The monoisotopic (exact) mass is 456 g/mol. The van der Waals surface area contributed by atoms with Gasteiger partial charge in [0, 0.05) is 32.2 Å². The zero-order chi connectivity index (χ0) is 23.5. The lowest BCUT2D eigenvalue weighted by Crippen LogP contribution is -2.42. The molecule has 0 saturated carbocycles. The van der Waals surface area contributed by atoms with Crippen LogP contribution in [0.15, 0.2) is 48.0 Å². The number of phenols is 1. The first-order chi connectivity index (χ1) is 15.9. The number of morpholine rings is 1. The van der Waals surface area contributed by atoms with Crippen LogP contribution in [0.5, 0.6) is 11.5 Å². The number of likely N-dealkylation sites (tertiary alicyclic amines) is 1. The number of amides is 1. The lowest BCUT2D eigenvalue weighted by molar-refractivity contribution is -0.140. The van der Waals surface area contributed by atoms with E-state index in [1.165, 1.54) is 54.5 Å². The summed E-state index contributed by atoms with van der Waals surface area (Å²) in [5.74, 6) is -2.52. The van der Waals surface area contributed by atoms with Crippen LogP contribution in [-0.2, 0) is 14.3 Å². The van der Waals surface area contributed by atoms with Crippen molar-refractivity contribution >= 4 is 17.4 Å². The fraction of sp³-hybridized carbons (Fsp3) is 0.333. The predicted molar refractivity (Wildman–Crippen MR) is 117 cm³/mol. The van der Waals surface area contributed by atoms with Crippen molar-refractivity contribution in [2.75, 3.05) is 46.5 Å². The third kappa shape index (κ3) is 4.55. The first kappa shape index (κ1) is 22.8. The number of nitrogens with zero attached hydrogens (tertiary/aromatic N) is 2. The van der Waals surface area contributed by atoms with Gasteiger partial charge in [0.05, 0.1) is 37.5 Å². The van der Waals surface area contributed by atoms with Gasteiger partial charge in [0.1, 0.15) is 23.1 Å². The number of methoxy groups -OCH3 is 1. The number of aliphatic hydroxyl groups excluding tert-OH is 1. The van der Waals surface area contributed by atoms with Gasteiger partial charge in [-0.3, -0.25) is 14.5 Å². The summed E-state index contributed by atoms with van der Waals surface area (Å²) < 4.78 is 24.0. The molecular formula is C24H25FN2O6. The Bertz CT molecular complexity index is 1080. The van der Waals surface area contributed by atoms with Gasteiger partial charge in [0.15, 0.2) is 0 Å². The van der Waals surface area contributed by atoms with E-state index in [4.69, 9.17) is 9.47 Å². The Labute approximate surface area is 190 Å². The van der Waals surface area contributed by atoms with E-state index in [9.17, 15) is 24.2 Å². The van der Waals surface area contributed by atoms with Crippen LogP contribution in [0.25, 0.3) is 5.76 Å². The van der Waals surface area contributed by atoms with Crippen LogP contribution in [0.4, 0.5) is 4.39 Å². The van der Waals surface area contributed by atoms with E-state index in [-0.39, 0.29) is 23.4 Å². The van der Waals surface area contributed by atoms with Gasteiger partial charge in [-0.1, -0.05) is 12.1 Å². The molecule has 2 aliphatic heterocycles. The van der Waals surface area contributed by atoms with Gasteiger partial charge < -0.3 is 24.6 Å². The predicted octanol–water partition coefficient (Wildman–Crippen LogP) is 2.29. The summed E-state index contributed by atoms with van der Waals surface area (Å²) >= 11 is 0. The molecule has 1 unspecified atom stereocenters. The third-order valence-corrected chi connectivity index (χ3v) is 5.95. The summed E-state index contributed by atoms with van der Waals surface area (Å²) in [7, 11) is 1.43. The zero-order valence-electron chi connectivity index (χ0n) is 18.2. The molecule has 0 aliphatic carbocycles. The van der Waals surface area contributed by atoms with Gasteiger partial charge in [0.25, 0.3) is 11.7 Å². The van der Waals surface area contributed by atoms with Gasteiger partial charge in [-0.25, -0.2) is 4.39 Å². The number of ether oxygens (including phenoxy) is 2. The minimum atomic E-state index is -0.923. The Hall–Kier alpha value is -3.43. The van der Waals surface area contributed by atoms with Crippen molar-refractivity contribution in [3.63, 3.8) is 0 Å². The smallest absolute Gasteiger partial charge is 0.295 e. The van der Waals surface area contributed by atoms with Crippen molar-refractivity contribution in [3.05, 3.63) is 65.0 Å². The first-order valence-corrected chi connectivity index (χ1v) is 10.6. The molecule has 2 N–H and O–H groups in total. The molecule has 1 atom stereocenters. The molecule has 174 valence electrons. The standard InChI is InChI=1S/C24H25FN2O6/c1-32-17-6-7-18(19(28)14-17)22(29)20-21(15-2-4-16(25)5-3-15)27(24(31)23(20)30)9-8-26-10-12-33-13-11-26/h2-7,14,21,28-29H,8-13H2,1H3. The number of benzene rings is 2. The minimum absolute atomic E-state index is 0.00547. The molecule has 2 saturated heterocycles. The van der Waals surface area contributed by atoms with Crippen LogP contribution in [0.2, 0.25) is 0 Å². The number of hydrogen-bond donors (Lipinski definition) is 2. The SMILES string of the molecule is COc1ccc(C(O)=C2C(=O)C(=O)N(CCN3CCOCC3)C2c2ccc(F)cc2)c(O)c1. The molecule has 1 amide bonds. The fourth-order valence-electron chi connectivity index (χ4n) is 4.16. The highest BCUT2D eigenvalue weighted by Crippen LogP contribution is 2.41. The average molecular weight is 456 g/mol. The molecule has 0 aromatic heterocycles. The number of Topliss-reactive ketones (excluding diaryl/α,β-unsaturated/α-hetero) is 1. The molecule has 4 rings (SSSR count). The number of carbonyl (C=O) groups is 2. The minimum Gasteiger partial charge on any atom is -0.507 e. The Kier molecular flexibility index (Phi) is 6.62. The topological polar surface area (TPSA) is 99.5 Å². The molecule has 2 aromatic carbocycles. The van der Waals surface area contributed by atoms with Gasteiger partial charge in [-0.05, 0) is 29.8 Å². The summed E-state index contributed by atoms with van der Waals surface area (Å²) in [6.07, 6.45) is 0. The van der Waals surface area contributed by atoms with Gasteiger partial charge >= 0.3 is 0 Å². The quantitative estimate of drug-likeness (QED) is 0.391. The van der Waals surface area contributed by atoms with E-state index >= 15 is 0 Å². The van der Waals surface area contributed by atoms with E-state index in [0.29, 0.717) is 44.2 Å². The van der Waals surface area contributed by atoms with E-state index in [1.807, 2.05) is 0 Å². The second kappa shape index (κ2) is 9.60. The summed E-state index contributed by atoms with van der Waals surface area (Å²) in [5, 5.41) is 21.4. The number of halogens is 1. The third-order valence-electron chi connectivity index (χ3n) is 5.95. The largest absolute Gasteiger partial charge is 0.507 e. The molecule has 2 fully saturated rings. The molecule has 2 aliphatic rings. The zero-order valence-corrected chi connectivity index (χ0v) is 18.2. The number of ketones is 1. The Morgan fingerprint density at radius 2 is 1.82 bits per heavy atom. The molecule has 0 spiro atoms. The number of aliphatic hydroxyl groups is 1. The van der Waals surface area contributed by atoms with E-state index in [1.54, 1.807) is 0 Å². The lowest BCUT2D eigenvalue weighted by atomic mass is 9.95. The van der Waals surface area contributed by atoms with Crippen molar-refractivity contribution in [2.24, 2.45) is 0 Å². The van der Waals surface area contributed by atoms with Gasteiger partial charge in [-0.2, -0.15) is 0 Å². The van der Waals surface area contributed by atoms with Crippen molar-refractivity contribution in [1.29, 1.82) is 0 Å². The number of aromatic hydroxyl groups is 1. The number of phenolic OH excluding ortho intramolecular Hbond substituents is 1. The second-order valence-corrected chi connectivity index (χ2v) is 7.88. The molecule has 33 heavy (non-hydrogen) atoms. The highest BCUT2D eigenvalue weighted by molar-refractivity contribution is 6.46. The molecule has 9 heteroatoms. The molecule has 8 nitrogen and oxygen atoms in total. The Morgan fingerprint density at radius 3 is 2.45 bits per heavy atom. The summed E-state index contributed by atoms with van der Waals surface area (Å²) in [6.45, 7) is 3.36. The number of rotatable bonds is 6. The van der Waals surface area contributed by atoms with Gasteiger partial charge in [-0.15, -0.1) is 0 Å². The maximum Gasteiger partial charge on any atom is 0.295 e. The van der Waals surface area contributed by atoms with Crippen LogP contribution in [0.3, 0.4) is 0 Å². The second-order valence-electron chi connectivity index (χ2n) is 7.88. The van der Waals surface area contributed by atoms with Crippen molar-refractivity contribution in [3.8, 4) is 11.5 Å². The van der Waals surface area contributed by atoms with Crippen molar-refractivity contribution in [1.82, 2.24) is 9.80 Å². The first-order valence-electron chi connectivity index (χ1n) is 10.6. The molecule has 2 heterocycles. The van der Waals surface area contributed by atoms with Crippen LogP contribution in [0.1, 0.15) is 17.2 Å². The molecular weight excluding hydrogens is 431 g/mol. The average Bonchev–Trinajstić information content (AvgIpc) is 3.08. The Balaban J connectivity index is 1.75. The molecule has 0 radical (unpaired) electrons. The van der Waals surface area contributed by atoms with Crippen LogP contribution in [0, 0.1) is 5.82 Å². The molecule has 2 aromatic rings. The number of hydrogen-bond acceptors (Lipinski definition) is 7. The normalized spacial score (nSPS) is 20.9. The fourth-order valence-corrected chi connectivity index (χ4v) is 4.16. The van der Waals surface area contributed by atoms with Crippen LogP contribution < -0.4 is 4.74 Å². The van der Waals surface area contributed by atoms with Crippen molar-refractivity contribution < 1.29 is 33.7 Å². The maximum absolute atomic E-state index is 13.6. The Morgan fingerprint density at radius 1 is 1.12 bits per heavy atom. The van der Waals surface area contributed by atoms with Gasteiger partial charge in [0.2, 0.25) is 0 Å². The summed E-state index contributed by atoms with van der Waals surface area (Å²) in [5.41, 5.74) is 0.315. The number of carbonyl (C=O) groups excluding carboxylic acids is 2.